The van der Waals surface area contributed by atoms with E-state index >= 15 is 0 Å². The maximum absolute atomic E-state index is 14.0. The number of thiazole rings is 1. The third-order valence-electron chi connectivity index (χ3n) is 15.5. The van der Waals surface area contributed by atoms with Crippen molar-refractivity contribution in [2.24, 2.45) is 39.1 Å². The number of aliphatic hydroxyl groups is 2. The summed E-state index contributed by atoms with van der Waals surface area (Å²) in [6, 6.07) is 11.9. The molecule has 1 saturated heterocycles. The lowest BCUT2D eigenvalue weighted by Crippen LogP contribution is -2.58. The Morgan fingerprint density at radius 1 is 0.975 bits per heavy atom. The molecule has 2 aliphatic heterocycles. The van der Waals surface area contributed by atoms with Gasteiger partial charge in [-0.1, -0.05) is 112 Å². The first-order valence-electron chi connectivity index (χ1n) is 28.6. The average Bonchev–Trinajstić information content (AvgIpc) is 4.11. The molecule has 0 bridgehead atoms. The molecule has 3 heterocycles. The number of nitrogens with two attached hydrogens (primary N) is 2. The number of aryl methyl sites for hydroxylation is 1. The SMILES string of the molecule is Cc1ncsc1-c1ccc(CNC(=O)[C@@H]2C[C@@H](O)CN2C(=O)[C@@H](NC(O)CCOCCOCCOCCNC(=O)CCCCCC2(CN)CCC(CCC3=N/C(N)=C(/Sc4cccc(Cl)c4Cl)C(C)C\C=C\3)CC2)C(C)(C)C)cc1. The van der Waals surface area contributed by atoms with Gasteiger partial charge in [0.15, 0.2) is 0 Å². The number of allylic oxidation sites excluding steroid dienone is 3. The summed E-state index contributed by atoms with van der Waals surface area (Å²) in [5.41, 5.74) is 18.4. The van der Waals surface area contributed by atoms with Gasteiger partial charge in [-0.25, -0.2) is 9.98 Å². The van der Waals surface area contributed by atoms with Crippen LogP contribution in [0.1, 0.15) is 129 Å². The van der Waals surface area contributed by atoms with Gasteiger partial charge in [0.05, 0.1) is 77.9 Å². The summed E-state index contributed by atoms with van der Waals surface area (Å²) in [4.78, 5) is 53.6. The molecule has 3 aliphatic rings. The molecule has 3 aromatic rings. The summed E-state index contributed by atoms with van der Waals surface area (Å²) in [6.07, 6.45) is 14.7. The zero-order chi connectivity index (χ0) is 57.7. The highest BCUT2D eigenvalue weighted by molar-refractivity contribution is 8.03. The Labute approximate surface area is 493 Å². The predicted octanol–water partition coefficient (Wildman–Crippen LogP) is 9.71. The number of β-amino-alcohol motifs (C(OH)–C–C–N with tert-alkyl or cyclic N) is 1. The number of hydrogen-bond acceptors (Lipinski definition) is 15. The molecule has 80 heavy (non-hydrogen) atoms. The number of nitrogens with zero attached hydrogens (tertiary/aromatic N) is 3. The van der Waals surface area contributed by atoms with Crippen molar-refractivity contribution < 1.29 is 38.8 Å². The van der Waals surface area contributed by atoms with Gasteiger partial charge in [0, 0.05) is 54.4 Å². The van der Waals surface area contributed by atoms with Gasteiger partial charge in [-0.05, 0) is 123 Å². The lowest BCUT2D eigenvalue weighted by molar-refractivity contribution is -0.143. The fraction of sp³-hybridized carbons (Fsp3) is 0.617. The average molecular weight is 1180 g/mol. The third-order valence-corrected chi connectivity index (χ3v) is 18.8. The molecule has 1 aromatic heterocycles. The van der Waals surface area contributed by atoms with Gasteiger partial charge in [-0.15, -0.1) is 11.3 Å². The Balaban J connectivity index is 0.761. The third kappa shape index (κ3) is 20.5. The molecule has 1 saturated carbocycles. The molecule has 6 rings (SSSR count). The second kappa shape index (κ2) is 32.8. The van der Waals surface area contributed by atoms with Crippen LogP contribution in [0.25, 0.3) is 10.4 Å². The van der Waals surface area contributed by atoms with Crippen molar-refractivity contribution in [2.45, 2.75) is 160 Å². The normalized spacial score (nSPS) is 23.4. The minimum absolute atomic E-state index is 0.0233. The molecule has 0 radical (unpaired) electrons. The molecular formula is C60H88Cl2N8O8S2. The summed E-state index contributed by atoms with van der Waals surface area (Å²) in [6.45, 7) is 13.2. The van der Waals surface area contributed by atoms with Gasteiger partial charge in [0.2, 0.25) is 17.7 Å². The van der Waals surface area contributed by atoms with Crippen LogP contribution in [0, 0.1) is 29.6 Å². The fourth-order valence-corrected chi connectivity index (χ4v) is 12.9. The number of carbonyl (C=O) groups excluding carboxylic acids is 3. The minimum Gasteiger partial charge on any atom is -0.391 e. The molecule has 3 amide bonds. The molecule has 2 unspecified atom stereocenters. The molecule has 2 fully saturated rings. The second-order valence-corrected chi connectivity index (χ2v) is 25.6. The highest BCUT2D eigenvalue weighted by Crippen LogP contribution is 2.44. The van der Waals surface area contributed by atoms with E-state index in [1.165, 1.54) is 17.7 Å². The summed E-state index contributed by atoms with van der Waals surface area (Å²) >= 11 is 15.9. The second-order valence-electron chi connectivity index (χ2n) is 22.8. The Morgan fingerprint density at radius 2 is 1.69 bits per heavy atom. The number of aliphatic imine (C=N–C) groups is 1. The number of aliphatic hydroxyl groups excluding tert-OH is 2. The lowest BCUT2D eigenvalue weighted by atomic mass is 9.67. The number of amides is 3. The quantitative estimate of drug-likeness (QED) is 0.0235. The van der Waals surface area contributed by atoms with Gasteiger partial charge in [-0.2, -0.15) is 0 Å². The number of thioether (sulfide) groups is 1. The Bertz CT molecular complexity index is 2530. The largest absolute Gasteiger partial charge is 0.391 e. The number of aromatic nitrogens is 1. The van der Waals surface area contributed by atoms with E-state index in [-0.39, 0.29) is 61.6 Å². The number of benzene rings is 2. The summed E-state index contributed by atoms with van der Waals surface area (Å²) < 4.78 is 17.0. The van der Waals surface area contributed by atoms with E-state index in [1.54, 1.807) is 29.2 Å². The van der Waals surface area contributed by atoms with Crippen LogP contribution in [0.5, 0.6) is 0 Å². The molecule has 20 heteroatoms. The molecule has 5 atom stereocenters. The zero-order valence-corrected chi connectivity index (χ0v) is 50.8. The van der Waals surface area contributed by atoms with Gasteiger partial charge >= 0.3 is 0 Å². The molecule has 9 N–H and O–H groups in total. The van der Waals surface area contributed by atoms with E-state index in [0.29, 0.717) is 74.3 Å². The van der Waals surface area contributed by atoms with Crippen LogP contribution < -0.4 is 27.4 Å². The van der Waals surface area contributed by atoms with Crippen molar-refractivity contribution in [3.05, 3.63) is 92.2 Å². The zero-order valence-electron chi connectivity index (χ0n) is 47.6. The maximum Gasteiger partial charge on any atom is 0.243 e. The van der Waals surface area contributed by atoms with E-state index in [0.717, 1.165) is 95.0 Å². The van der Waals surface area contributed by atoms with E-state index in [1.807, 2.05) is 69.6 Å². The van der Waals surface area contributed by atoms with Crippen LogP contribution in [0.3, 0.4) is 0 Å². The van der Waals surface area contributed by atoms with Crippen LogP contribution in [0.4, 0.5) is 0 Å². The molecule has 1 aliphatic carbocycles. The number of ether oxygens (including phenoxy) is 3. The summed E-state index contributed by atoms with van der Waals surface area (Å²) in [5.74, 6) is 0.733. The van der Waals surface area contributed by atoms with Crippen molar-refractivity contribution in [2.75, 3.05) is 59.3 Å². The number of hydrogen-bond donors (Lipinski definition) is 7. The maximum atomic E-state index is 14.0. The number of nitrogens with one attached hydrogen (secondary N) is 3. The van der Waals surface area contributed by atoms with Crippen LogP contribution in [0.2, 0.25) is 10.0 Å². The molecule has 0 spiro atoms. The fourth-order valence-electron chi connectivity index (χ4n) is 10.6. The van der Waals surface area contributed by atoms with E-state index < -0.39 is 29.8 Å². The first-order valence-corrected chi connectivity index (χ1v) is 31.1. The Kier molecular flexibility index (Phi) is 26.7. The predicted molar refractivity (Wildman–Crippen MR) is 322 cm³/mol. The van der Waals surface area contributed by atoms with E-state index in [2.05, 4.69) is 40.0 Å². The number of rotatable bonds is 31. The Hall–Kier alpha value is -3.92. The van der Waals surface area contributed by atoms with Gasteiger partial charge in [0.1, 0.15) is 18.1 Å². The topological polar surface area (TPSA) is 236 Å². The van der Waals surface area contributed by atoms with Crippen LogP contribution in [-0.2, 0) is 35.1 Å². The first kappa shape index (κ1) is 65.2. The minimum atomic E-state index is -1.06. The number of unbranched alkanes of at least 4 members (excludes halogenated alkanes) is 2. The van der Waals surface area contributed by atoms with Crippen LogP contribution in [0.15, 0.2) is 80.7 Å². The highest BCUT2D eigenvalue weighted by atomic mass is 35.5. The highest BCUT2D eigenvalue weighted by Gasteiger charge is 2.44. The number of halogens is 2. The molecule has 442 valence electrons. The van der Waals surface area contributed by atoms with E-state index in [9.17, 15) is 24.6 Å². The van der Waals surface area contributed by atoms with Crippen molar-refractivity contribution >= 4 is 69.7 Å². The van der Waals surface area contributed by atoms with Gasteiger partial charge < -0.3 is 51.4 Å². The van der Waals surface area contributed by atoms with E-state index in [4.69, 9.17) is 53.9 Å². The monoisotopic (exact) mass is 1180 g/mol. The van der Waals surface area contributed by atoms with Crippen molar-refractivity contribution in [3.8, 4) is 10.4 Å². The molecule has 2 aromatic carbocycles. The van der Waals surface area contributed by atoms with Gasteiger partial charge in [-0.3, -0.25) is 19.7 Å². The Morgan fingerprint density at radius 3 is 2.38 bits per heavy atom. The van der Waals surface area contributed by atoms with Crippen LogP contribution >= 0.6 is 46.3 Å². The molecule has 16 nitrogen and oxygen atoms in total. The summed E-state index contributed by atoms with van der Waals surface area (Å²) in [5, 5.41) is 31.5. The van der Waals surface area contributed by atoms with Crippen molar-refractivity contribution in [1.82, 2.24) is 25.8 Å². The smallest absolute Gasteiger partial charge is 0.243 e. The van der Waals surface area contributed by atoms with Crippen LogP contribution in [-0.4, -0.2) is 127 Å². The summed E-state index contributed by atoms with van der Waals surface area (Å²) in [7, 11) is 0. The van der Waals surface area contributed by atoms with Crippen molar-refractivity contribution in [1.29, 1.82) is 0 Å². The first-order chi connectivity index (χ1) is 38.4. The molecular weight excluding hydrogens is 1100 g/mol. The number of carbonyl (C=O) groups is 3. The van der Waals surface area contributed by atoms with Crippen molar-refractivity contribution in [3.63, 3.8) is 0 Å². The number of likely N-dealkylation sites (tertiary alicyclic amines) is 1. The van der Waals surface area contributed by atoms with Gasteiger partial charge in [0.25, 0.3) is 0 Å². The standard InChI is InChI=1S/C60H88Cl2N8O8S2/c1-40-11-9-12-45(68-56(64)53(40)80-49-14-10-13-47(61)52(49)62)21-18-42-22-26-60(38-63,27-23-42)25-8-6-7-15-50(72)65-28-30-77-32-34-78-33-31-76-29-24-51(73)69-55(59(3,4)5)58(75)70-37-46(71)35-48(70)57(74)66-36-43-16-19-44(20-17-43)54-41(2)67-39-79-54/h9-10,12-14,16-17,19-20,39-40,42,46,48,51,55,69,71,73H,6-8,11,15,18,21-38,63-64H2,1-5H3,(H,65,72)(H,66,74)/b12-9+,56-53+,68-45+/t40?,42?,46-,48+,51?,55-,60?/m1/s1. The lowest BCUT2D eigenvalue weighted by Gasteiger charge is -2.40.